The van der Waals surface area contributed by atoms with Crippen LogP contribution in [-0.2, 0) is 9.59 Å². The van der Waals surface area contributed by atoms with Gasteiger partial charge in [-0.1, -0.05) is 44.4 Å². The number of nitrogens with one attached hydrogen (secondary N) is 1. The second-order valence-corrected chi connectivity index (χ2v) is 6.29. The minimum Gasteiger partial charge on any atom is -0.478 e. The van der Waals surface area contributed by atoms with Crippen LogP contribution in [0.5, 0.6) is 0 Å². The number of carbonyl (C=O) groups is 3. The number of aromatic carboxylic acids is 1. The Bertz CT molecular complexity index is 528. The zero-order chi connectivity index (χ0) is 17.1. The second-order valence-electron chi connectivity index (χ2n) is 5.26. The van der Waals surface area contributed by atoms with Gasteiger partial charge in [0.25, 0.3) is 0 Å². The Kier molecular flexibility index (Phi) is 9.05. The van der Waals surface area contributed by atoms with Crippen LogP contribution in [0.1, 0.15) is 55.8 Å². The molecule has 0 saturated carbocycles. The lowest BCUT2D eigenvalue weighted by molar-refractivity contribution is -0.114. The number of hydrogen-bond donors (Lipinski definition) is 2. The largest absolute Gasteiger partial charge is 0.478 e. The van der Waals surface area contributed by atoms with Gasteiger partial charge in [-0.3, -0.25) is 9.59 Å². The van der Waals surface area contributed by atoms with E-state index in [9.17, 15) is 14.4 Å². The number of carboxylic acids is 1. The molecule has 0 radical (unpaired) electrons. The van der Waals surface area contributed by atoms with E-state index in [1.807, 2.05) is 0 Å². The summed E-state index contributed by atoms with van der Waals surface area (Å²) in [5.74, 6) is -1.20. The number of anilines is 1. The van der Waals surface area contributed by atoms with E-state index < -0.39 is 5.97 Å². The van der Waals surface area contributed by atoms with Gasteiger partial charge in [0.05, 0.1) is 11.3 Å². The first-order chi connectivity index (χ1) is 11.0. The molecular formula is C17H23NO4S. The quantitative estimate of drug-likeness (QED) is 0.632. The van der Waals surface area contributed by atoms with Gasteiger partial charge in [-0.25, -0.2) is 4.79 Å². The second kappa shape index (κ2) is 10.8. The average molecular weight is 337 g/mol. The summed E-state index contributed by atoms with van der Waals surface area (Å²) in [6.07, 6.45) is 5.98. The van der Waals surface area contributed by atoms with E-state index in [2.05, 4.69) is 12.2 Å². The maximum Gasteiger partial charge on any atom is 0.335 e. The van der Waals surface area contributed by atoms with Gasteiger partial charge >= 0.3 is 5.97 Å². The summed E-state index contributed by atoms with van der Waals surface area (Å²) >= 11 is 1.03. The minimum absolute atomic E-state index is 0.0397. The van der Waals surface area contributed by atoms with Crippen LogP contribution in [0.15, 0.2) is 24.3 Å². The standard InChI is InChI=1S/C17H23NO4S/c1-2-3-4-5-6-7-16(20)23-12-15(19)18-14-10-8-13(9-11-14)17(21)22/h8-11H,2-7,12H2,1H3,(H,18,19)(H,21,22). The first-order valence-corrected chi connectivity index (χ1v) is 8.80. The third-order valence-electron chi connectivity index (χ3n) is 3.26. The summed E-state index contributed by atoms with van der Waals surface area (Å²) in [5, 5.41) is 11.5. The fourth-order valence-electron chi connectivity index (χ4n) is 1.98. The number of amides is 1. The van der Waals surface area contributed by atoms with Gasteiger partial charge in [0.15, 0.2) is 5.12 Å². The lowest BCUT2D eigenvalue weighted by atomic mass is 10.1. The lowest BCUT2D eigenvalue weighted by Crippen LogP contribution is -2.15. The molecule has 0 bridgehead atoms. The van der Waals surface area contributed by atoms with Crippen LogP contribution in [0.25, 0.3) is 0 Å². The molecule has 1 aromatic rings. The summed E-state index contributed by atoms with van der Waals surface area (Å²) in [7, 11) is 0. The number of unbranched alkanes of at least 4 members (excludes halogenated alkanes) is 4. The molecule has 1 aromatic carbocycles. The highest BCUT2D eigenvalue weighted by Gasteiger charge is 2.09. The smallest absolute Gasteiger partial charge is 0.335 e. The zero-order valence-corrected chi connectivity index (χ0v) is 14.2. The molecule has 1 amide bonds. The number of rotatable bonds is 10. The topological polar surface area (TPSA) is 83.5 Å². The number of benzene rings is 1. The van der Waals surface area contributed by atoms with Crippen molar-refractivity contribution in [3.05, 3.63) is 29.8 Å². The monoisotopic (exact) mass is 337 g/mol. The molecular weight excluding hydrogens is 314 g/mol. The molecule has 0 atom stereocenters. The minimum atomic E-state index is -1.01. The van der Waals surface area contributed by atoms with Crippen molar-refractivity contribution >= 4 is 34.4 Å². The van der Waals surface area contributed by atoms with E-state index in [1.165, 1.54) is 37.1 Å². The predicted octanol–water partition coefficient (Wildman–Crippen LogP) is 3.94. The van der Waals surface area contributed by atoms with Crippen molar-refractivity contribution in [2.45, 2.75) is 45.4 Å². The third-order valence-corrected chi connectivity index (χ3v) is 4.20. The van der Waals surface area contributed by atoms with Crippen molar-refractivity contribution in [1.82, 2.24) is 0 Å². The Labute approximate surface area is 140 Å². The Morgan fingerprint density at radius 3 is 2.30 bits per heavy atom. The van der Waals surface area contributed by atoms with Crippen molar-refractivity contribution in [3.63, 3.8) is 0 Å². The average Bonchev–Trinajstić information content (AvgIpc) is 2.53. The molecule has 0 aliphatic rings. The zero-order valence-electron chi connectivity index (χ0n) is 13.3. The molecule has 0 aliphatic carbocycles. The fraction of sp³-hybridized carbons (Fsp3) is 0.471. The van der Waals surface area contributed by atoms with E-state index in [0.29, 0.717) is 12.1 Å². The van der Waals surface area contributed by atoms with E-state index in [4.69, 9.17) is 5.11 Å². The highest BCUT2D eigenvalue weighted by atomic mass is 32.2. The lowest BCUT2D eigenvalue weighted by Gasteiger charge is -2.05. The van der Waals surface area contributed by atoms with Crippen molar-refractivity contribution in [2.24, 2.45) is 0 Å². The number of thioether (sulfide) groups is 1. The van der Waals surface area contributed by atoms with Crippen molar-refractivity contribution in [3.8, 4) is 0 Å². The van der Waals surface area contributed by atoms with E-state index in [0.717, 1.165) is 31.0 Å². The summed E-state index contributed by atoms with van der Waals surface area (Å²) in [5.41, 5.74) is 0.684. The maximum absolute atomic E-state index is 11.8. The Balaban J connectivity index is 2.23. The molecule has 0 unspecified atom stereocenters. The van der Waals surface area contributed by atoms with Crippen LogP contribution in [0.3, 0.4) is 0 Å². The molecule has 0 aliphatic heterocycles. The Morgan fingerprint density at radius 1 is 1.04 bits per heavy atom. The molecule has 0 spiro atoms. The van der Waals surface area contributed by atoms with Gasteiger partial charge in [0.2, 0.25) is 5.91 Å². The van der Waals surface area contributed by atoms with Gasteiger partial charge in [-0.2, -0.15) is 0 Å². The van der Waals surface area contributed by atoms with Crippen molar-refractivity contribution in [1.29, 1.82) is 0 Å². The molecule has 0 heterocycles. The van der Waals surface area contributed by atoms with Gasteiger partial charge in [0.1, 0.15) is 0 Å². The van der Waals surface area contributed by atoms with Crippen LogP contribution in [0, 0.1) is 0 Å². The summed E-state index contributed by atoms with van der Waals surface area (Å²) in [4.78, 5) is 34.1. The Morgan fingerprint density at radius 2 is 1.70 bits per heavy atom. The fourth-order valence-corrected chi connectivity index (χ4v) is 2.64. The number of carboxylic acid groups (broad SMARTS) is 1. The molecule has 1 rings (SSSR count). The van der Waals surface area contributed by atoms with E-state index >= 15 is 0 Å². The van der Waals surface area contributed by atoms with Crippen LogP contribution < -0.4 is 5.32 Å². The summed E-state index contributed by atoms with van der Waals surface area (Å²) < 4.78 is 0. The first kappa shape index (κ1) is 19.2. The SMILES string of the molecule is CCCCCCCC(=O)SCC(=O)Nc1ccc(C(=O)O)cc1. The highest BCUT2D eigenvalue weighted by Crippen LogP contribution is 2.13. The van der Waals surface area contributed by atoms with Crippen LogP contribution in [-0.4, -0.2) is 27.9 Å². The van der Waals surface area contributed by atoms with Crippen molar-refractivity contribution < 1.29 is 19.5 Å². The van der Waals surface area contributed by atoms with Crippen LogP contribution >= 0.6 is 11.8 Å². The van der Waals surface area contributed by atoms with Crippen molar-refractivity contribution in [2.75, 3.05) is 11.1 Å². The first-order valence-electron chi connectivity index (χ1n) is 7.81. The molecule has 0 saturated heterocycles. The van der Waals surface area contributed by atoms with Crippen LogP contribution in [0.2, 0.25) is 0 Å². The van der Waals surface area contributed by atoms with Gasteiger partial charge in [-0.05, 0) is 30.7 Å². The molecule has 23 heavy (non-hydrogen) atoms. The summed E-state index contributed by atoms with van der Waals surface area (Å²) in [6, 6.07) is 5.90. The van der Waals surface area contributed by atoms with Crippen LogP contribution in [0.4, 0.5) is 5.69 Å². The maximum atomic E-state index is 11.8. The number of carbonyl (C=O) groups excluding carboxylic acids is 2. The Hall–Kier alpha value is -1.82. The number of hydrogen-bond acceptors (Lipinski definition) is 4. The van der Waals surface area contributed by atoms with Gasteiger partial charge in [-0.15, -0.1) is 0 Å². The van der Waals surface area contributed by atoms with Gasteiger partial charge < -0.3 is 10.4 Å². The molecule has 0 fully saturated rings. The molecule has 0 aromatic heterocycles. The van der Waals surface area contributed by atoms with E-state index in [-0.39, 0.29) is 22.3 Å². The molecule has 126 valence electrons. The predicted molar refractivity (Wildman–Crippen MR) is 92.9 cm³/mol. The highest BCUT2D eigenvalue weighted by molar-refractivity contribution is 8.14. The molecule has 6 heteroatoms. The van der Waals surface area contributed by atoms with Gasteiger partial charge in [0, 0.05) is 12.1 Å². The molecule has 5 nitrogen and oxygen atoms in total. The normalized spacial score (nSPS) is 10.3. The third kappa shape index (κ3) is 8.40. The van der Waals surface area contributed by atoms with E-state index in [1.54, 1.807) is 0 Å². The molecule has 2 N–H and O–H groups in total. The summed E-state index contributed by atoms with van der Waals surface area (Å²) in [6.45, 7) is 2.15.